The van der Waals surface area contributed by atoms with Gasteiger partial charge in [0, 0.05) is 20.9 Å². The number of hydrogen-bond acceptors (Lipinski definition) is 6. The second-order valence-electron chi connectivity index (χ2n) is 6.44. The molecule has 2 N–H and O–H groups in total. The third kappa shape index (κ3) is 4.89. The number of anilines is 1. The normalized spacial score (nSPS) is 10.7. The maximum Gasteiger partial charge on any atom is 0.270 e. The molecule has 0 atom stereocenters. The maximum absolute atomic E-state index is 12.3. The van der Waals surface area contributed by atoms with Crippen molar-refractivity contribution in [2.75, 3.05) is 5.43 Å². The third-order valence-corrected chi connectivity index (χ3v) is 5.44. The lowest BCUT2D eigenvalue weighted by Gasteiger charge is -2.07. The molecular formula is C24H17N5OS. The Balaban J connectivity index is 1.59. The molecule has 7 heteroatoms. The first-order valence-corrected chi connectivity index (χ1v) is 10.3. The van der Waals surface area contributed by atoms with Crippen LogP contribution in [0.2, 0.25) is 0 Å². The van der Waals surface area contributed by atoms with Crippen LogP contribution in [0.25, 0.3) is 11.3 Å². The van der Waals surface area contributed by atoms with Crippen molar-refractivity contribution in [2.45, 2.75) is 9.79 Å². The zero-order chi connectivity index (χ0) is 21.5. The molecule has 0 radical (unpaired) electrons. The second-order valence-corrected chi connectivity index (χ2v) is 7.55. The van der Waals surface area contributed by atoms with Crippen molar-refractivity contribution < 1.29 is 0 Å². The minimum atomic E-state index is -0.519. The van der Waals surface area contributed by atoms with Crippen LogP contribution in [0, 0.1) is 11.3 Å². The molecule has 150 valence electrons. The minimum absolute atomic E-state index is 0.0367. The lowest BCUT2D eigenvalue weighted by Crippen LogP contribution is -2.16. The largest absolute Gasteiger partial charge is 0.290 e. The van der Waals surface area contributed by atoms with E-state index in [0.29, 0.717) is 11.3 Å². The molecule has 0 aliphatic rings. The summed E-state index contributed by atoms with van der Waals surface area (Å²) in [4.78, 5) is 21.5. The molecular weight excluding hydrogens is 406 g/mol. The molecule has 1 heterocycles. The average molecular weight is 424 g/mol. The monoisotopic (exact) mass is 423 g/mol. The SMILES string of the molecule is N#Cc1c(-c2ccccc2)nc(NN=Cc2ccccc2Sc2ccccc2)[nH]c1=O. The number of rotatable bonds is 6. The highest BCUT2D eigenvalue weighted by molar-refractivity contribution is 7.99. The van der Waals surface area contributed by atoms with E-state index in [2.05, 4.69) is 20.5 Å². The number of aromatic amines is 1. The highest BCUT2D eigenvalue weighted by Gasteiger charge is 2.12. The van der Waals surface area contributed by atoms with Crippen molar-refractivity contribution in [3.05, 3.63) is 106 Å². The Labute approximate surface area is 183 Å². The predicted molar refractivity (Wildman–Crippen MR) is 123 cm³/mol. The van der Waals surface area contributed by atoms with E-state index in [1.54, 1.807) is 30.1 Å². The summed E-state index contributed by atoms with van der Waals surface area (Å²) in [6.07, 6.45) is 1.67. The Morgan fingerprint density at radius 3 is 2.39 bits per heavy atom. The lowest BCUT2D eigenvalue weighted by atomic mass is 10.1. The Kier molecular flexibility index (Phi) is 6.21. The molecule has 0 aliphatic heterocycles. The second kappa shape index (κ2) is 9.57. The van der Waals surface area contributed by atoms with Crippen LogP contribution >= 0.6 is 11.8 Å². The number of hydrazone groups is 1. The van der Waals surface area contributed by atoms with Crippen LogP contribution in [-0.4, -0.2) is 16.2 Å². The predicted octanol–water partition coefficient (Wildman–Crippen LogP) is 4.91. The van der Waals surface area contributed by atoms with Crippen molar-refractivity contribution in [1.82, 2.24) is 9.97 Å². The fourth-order valence-electron chi connectivity index (χ4n) is 2.89. The van der Waals surface area contributed by atoms with Gasteiger partial charge in [0.15, 0.2) is 0 Å². The Morgan fingerprint density at radius 2 is 1.65 bits per heavy atom. The summed E-state index contributed by atoms with van der Waals surface area (Å²) in [6, 6.07) is 29.0. The third-order valence-electron chi connectivity index (χ3n) is 4.34. The number of H-pyrrole nitrogens is 1. The first-order valence-electron chi connectivity index (χ1n) is 9.45. The van der Waals surface area contributed by atoms with Crippen molar-refractivity contribution in [2.24, 2.45) is 5.10 Å². The van der Waals surface area contributed by atoms with Gasteiger partial charge < -0.3 is 0 Å². The molecule has 0 saturated heterocycles. The molecule has 1 aromatic heterocycles. The van der Waals surface area contributed by atoms with Crippen molar-refractivity contribution in [3.8, 4) is 17.3 Å². The standard InChI is InChI=1S/C24H17N5OS/c25-15-20-22(17-9-3-1-4-10-17)27-24(28-23(20)30)29-26-16-18-11-7-8-14-21(18)31-19-12-5-2-6-13-19/h1-14,16H,(H2,27,28,29,30). The van der Waals surface area contributed by atoms with Crippen LogP contribution in [0.3, 0.4) is 0 Å². The number of nitriles is 1. The molecule has 4 aromatic rings. The van der Waals surface area contributed by atoms with Gasteiger partial charge in [-0.05, 0) is 18.2 Å². The molecule has 0 aliphatic carbocycles. The van der Waals surface area contributed by atoms with E-state index in [0.717, 1.165) is 15.4 Å². The Morgan fingerprint density at radius 1 is 0.968 bits per heavy atom. The summed E-state index contributed by atoms with van der Waals surface area (Å²) in [6.45, 7) is 0. The van der Waals surface area contributed by atoms with Gasteiger partial charge in [-0.25, -0.2) is 10.4 Å². The van der Waals surface area contributed by atoms with E-state index in [-0.39, 0.29) is 11.5 Å². The molecule has 0 amide bonds. The maximum atomic E-state index is 12.3. The molecule has 4 rings (SSSR count). The number of hydrogen-bond donors (Lipinski definition) is 2. The minimum Gasteiger partial charge on any atom is -0.290 e. The van der Waals surface area contributed by atoms with E-state index >= 15 is 0 Å². The number of benzene rings is 3. The first-order chi connectivity index (χ1) is 15.2. The lowest BCUT2D eigenvalue weighted by molar-refractivity contribution is 1.08. The van der Waals surface area contributed by atoms with E-state index in [4.69, 9.17) is 0 Å². The smallest absolute Gasteiger partial charge is 0.270 e. The van der Waals surface area contributed by atoms with Crippen molar-refractivity contribution in [3.63, 3.8) is 0 Å². The molecule has 6 nitrogen and oxygen atoms in total. The molecule has 0 saturated carbocycles. The van der Waals surface area contributed by atoms with Crippen LogP contribution in [0.1, 0.15) is 11.1 Å². The number of aromatic nitrogens is 2. The molecule has 0 fully saturated rings. The summed E-state index contributed by atoms with van der Waals surface area (Å²) >= 11 is 1.64. The highest BCUT2D eigenvalue weighted by atomic mass is 32.2. The fourth-order valence-corrected chi connectivity index (χ4v) is 3.83. The quantitative estimate of drug-likeness (QED) is 0.340. The summed E-state index contributed by atoms with van der Waals surface area (Å²) in [5, 5.41) is 13.6. The van der Waals surface area contributed by atoms with Crippen LogP contribution in [-0.2, 0) is 0 Å². The zero-order valence-corrected chi connectivity index (χ0v) is 17.1. The van der Waals surface area contributed by atoms with Gasteiger partial charge in [-0.2, -0.15) is 10.4 Å². The van der Waals surface area contributed by atoms with E-state index in [1.807, 2.05) is 78.9 Å². The molecule has 0 spiro atoms. The van der Waals surface area contributed by atoms with Gasteiger partial charge >= 0.3 is 0 Å². The van der Waals surface area contributed by atoms with E-state index < -0.39 is 5.56 Å². The highest BCUT2D eigenvalue weighted by Crippen LogP contribution is 2.29. The topological polar surface area (TPSA) is 93.9 Å². The van der Waals surface area contributed by atoms with Crippen molar-refractivity contribution >= 4 is 23.9 Å². The number of nitrogens with one attached hydrogen (secondary N) is 2. The van der Waals surface area contributed by atoms with Gasteiger partial charge in [0.2, 0.25) is 5.95 Å². The van der Waals surface area contributed by atoms with Crippen molar-refractivity contribution in [1.29, 1.82) is 5.26 Å². The van der Waals surface area contributed by atoms with Crippen LogP contribution in [0.4, 0.5) is 5.95 Å². The van der Waals surface area contributed by atoms with Gasteiger partial charge in [-0.3, -0.25) is 9.78 Å². The summed E-state index contributed by atoms with van der Waals surface area (Å²) in [5.74, 6) is 0.160. The van der Waals surface area contributed by atoms with Crippen LogP contribution < -0.4 is 11.0 Å². The van der Waals surface area contributed by atoms with Crippen LogP contribution in [0.15, 0.2) is 105 Å². The van der Waals surface area contributed by atoms with Gasteiger partial charge in [0.05, 0.1) is 11.9 Å². The molecule has 3 aromatic carbocycles. The van der Waals surface area contributed by atoms with Gasteiger partial charge in [0.1, 0.15) is 11.6 Å². The first kappa shape index (κ1) is 20.1. The molecule has 31 heavy (non-hydrogen) atoms. The van der Waals surface area contributed by atoms with E-state index in [1.165, 1.54) is 0 Å². The Bertz CT molecular complexity index is 1310. The van der Waals surface area contributed by atoms with Crippen LogP contribution in [0.5, 0.6) is 0 Å². The van der Waals surface area contributed by atoms with Gasteiger partial charge in [0.25, 0.3) is 5.56 Å². The summed E-state index contributed by atoms with van der Waals surface area (Å²) in [7, 11) is 0. The zero-order valence-electron chi connectivity index (χ0n) is 16.3. The Hall–Kier alpha value is -4.15. The molecule has 0 unspecified atom stereocenters. The molecule has 0 bridgehead atoms. The van der Waals surface area contributed by atoms with E-state index in [9.17, 15) is 10.1 Å². The van der Waals surface area contributed by atoms with Gasteiger partial charge in [-0.1, -0.05) is 78.5 Å². The van der Waals surface area contributed by atoms with Gasteiger partial charge in [-0.15, -0.1) is 0 Å². The summed E-state index contributed by atoms with van der Waals surface area (Å²) in [5.41, 5.74) is 4.13. The fraction of sp³-hybridized carbons (Fsp3) is 0. The average Bonchev–Trinajstić information content (AvgIpc) is 2.81. The summed E-state index contributed by atoms with van der Waals surface area (Å²) < 4.78 is 0. The number of nitrogens with zero attached hydrogens (tertiary/aromatic N) is 3.